The molecule has 7 nitrogen and oxygen atoms in total. The summed E-state index contributed by atoms with van der Waals surface area (Å²) < 4.78 is 47.6. The fraction of sp³-hybridized carbons (Fsp3) is 0.429. The van der Waals surface area contributed by atoms with E-state index in [1.54, 1.807) is 12.1 Å². The van der Waals surface area contributed by atoms with Gasteiger partial charge in [-0.05, 0) is 50.3 Å². The summed E-state index contributed by atoms with van der Waals surface area (Å²) in [5.74, 6) is 0.498. The topological polar surface area (TPSA) is 65.6 Å². The first-order valence-corrected chi connectivity index (χ1v) is 15.3. The van der Waals surface area contributed by atoms with Crippen LogP contribution in [0.25, 0.3) is 0 Å². The molecule has 0 spiro atoms. The van der Waals surface area contributed by atoms with Crippen LogP contribution >= 0.6 is 7.92 Å². The average Bonchev–Trinajstić information content (AvgIpc) is 3.39. The molecule has 2 aromatic carbocycles. The molecular weight excluding hydrogens is 524 g/mol. The zero-order valence-corrected chi connectivity index (χ0v) is 23.5. The van der Waals surface area contributed by atoms with Crippen molar-refractivity contribution in [1.82, 2.24) is 19.8 Å². The number of anilines is 4. The van der Waals surface area contributed by atoms with Crippen molar-refractivity contribution >= 4 is 36.4 Å². The van der Waals surface area contributed by atoms with Crippen molar-refractivity contribution in [2.75, 3.05) is 63.8 Å². The Kier molecular flexibility index (Phi) is 7.99. The number of para-hydroxylation sites is 1. The van der Waals surface area contributed by atoms with Gasteiger partial charge in [-0.25, -0.2) is 4.98 Å². The number of nitrogens with one attached hydrogen (secondary N) is 2. The van der Waals surface area contributed by atoms with Crippen molar-refractivity contribution < 1.29 is 17.9 Å². The predicted octanol–water partition coefficient (Wildman–Crippen LogP) is 5.59. The van der Waals surface area contributed by atoms with Gasteiger partial charge in [-0.3, -0.25) is 4.90 Å². The molecular formula is C28H34F3N6OP. The van der Waals surface area contributed by atoms with E-state index in [1.165, 1.54) is 5.56 Å². The van der Waals surface area contributed by atoms with E-state index in [0.29, 0.717) is 18.0 Å². The van der Waals surface area contributed by atoms with E-state index >= 15 is 0 Å². The normalized spacial score (nSPS) is 17.1. The third kappa shape index (κ3) is 5.98. The number of benzene rings is 2. The number of hydrogen-bond acceptors (Lipinski definition) is 7. The summed E-state index contributed by atoms with van der Waals surface area (Å²) in [6.07, 6.45) is -3.00. The molecule has 0 bridgehead atoms. The molecule has 208 valence electrons. The Morgan fingerprint density at radius 2 is 1.74 bits per heavy atom. The van der Waals surface area contributed by atoms with Crippen molar-refractivity contribution in [2.24, 2.45) is 0 Å². The number of hydrogen-bond donors (Lipinski definition) is 2. The fourth-order valence-electron chi connectivity index (χ4n) is 5.18. The highest BCUT2D eigenvalue weighted by molar-refractivity contribution is 7.64. The van der Waals surface area contributed by atoms with E-state index in [-0.39, 0.29) is 17.8 Å². The number of alkyl halides is 3. The number of ether oxygens (including phenoxy) is 1. The first-order valence-electron chi connectivity index (χ1n) is 13.1. The number of fused-ring (bicyclic) bond motifs is 1. The zero-order valence-electron chi connectivity index (χ0n) is 22.6. The molecule has 3 aromatic rings. The molecule has 1 saturated heterocycles. The minimum atomic E-state index is -4.61. The van der Waals surface area contributed by atoms with E-state index in [4.69, 9.17) is 4.74 Å². The molecule has 0 saturated carbocycles. The van der Waals surface area contributed by atoms with Gasteiger partial charge in [0.1, 0.15) is 17.1 Å². The molecule has 1 aromatic heterocycles. The van der Waals surface area contributed by atoms with Gasteiger partial charge in [-0.2, -0.15) is 18.2 Å². The molecule has 0 aliphatic carbocycles. The second-order valence-corrected chi connectivity index (χ2v) is 12.5. The minimum Gasteiger partial charge on any atom is -0.491 e. The SMILES string of the molecule is CC(c1ccc(Nc2ncc(C(F)(F)F)c(Nc3ccccc3P(C)C)n2)c2c1CCO2)N1CCN(C)CC1. The summed E-state index contributed by atoms with van der Waals surface area (Å²) in [6.45, 7) is 11.0. The average molecular weight is 559 g/mol. The maximum atomic E-state index is 13.9. The lowest BCUT2D eigenvalue weighted by Crippen LogP contribution is -2.45. The Morgan fingerprint density at radius 3 is 2.46 bits per heavy atom. The molecule has 1 atom stereocenters. The van der Waals surface area contributed by atoms with Crippen LogP contribution in [-0.2, 0) is 12.6 Å². The van der Waals surface area contributed by atoms with E-state index in [1.807, 2.05) is 18.2 Å². The van der Waals surface area contributed by atoms with E-state index in [0.717, 1.165) is 55.4 Å². The van der Waals surface area contributed by atoms with Gasteiger partial charge >= 0.3 is 6.18 Å². The van der Waals surface area contributed by atoms with Gasteiger partial charge < -0.3 is 20.3 Å². The Bertz CT molecular complexity index is 1330. The molecule has 2 aliphatic heterocycles. The van der Waals surface area contributed by atoms with Crippen LogP contribution < -0.4 is 20.7 Å². The van der Waals surface area contributed by atoms with Crippen molar-refractivity contribution in [3.63, 3.8) is 0 Å². The Labute approximate surface area is 228 Å². The van der Waals surface area contributed by atoms with Crippen molar-refractivity contribution in [3.05, 3.63) is 59.3 Å². The Morgan fingerprint density at radius 1 is 1.00 bits per heavy atom. The summed E-state index contributed by atoms with van der Waals surface area (Å²) in [6, 6.07) is 11.6. The van der Waals surface area contributed by atoms with E-state index in [9.17, 15) is 13.2 Å². The lowest BCUT2D eigenvalue weighted by atomic mass is 9.97. The lowest BCUT2D eigenvalue weighted by Gasteiger charge is -2.37. The van der Waals surface area contributed by atoms with Gasteiger partial charge in [0.05, 0.1) is 12.3 Å². The summed E-state index contributed by atoms with van der Waals surface area (Å²) in [4.78, 5) is 13.1. The van der Waals surface area contributed by atoms with Gasteiger partial charge in [0, 0.05) is 56.1 Å². The van der Waals surface area contributed by atoms with Crippen LogP contribution in [0, 0.1) is 0 Å². The van der Waals surface area contributed by atoms with Crippen LogP contribution in [0.3, 0.4) is 0 Å². The van der Waals surface area contributed by atoms with Gasteiger partial charge in [0.25, 0.3) is 0 Å². The van der Waals surface area contributed by atoms with Gasteiger partial charge in [-0.15, -0.1) is 0 Å². The highest BCUT2D eigenvalue weighted by atomic mass is 31.1. The third-order valence-corrected chi connectivity index (χ3v) is 8.76. The second kappa shape index (κ2) is 11.3. The number of rotatable bonds is 7. The molecule has 2 N–H and O–H groups in total. The first kappa shape index (κ1) is 27.6. The second-order valence-electron chi connectivity index (χ2n) is 10.2. The standard InChI is InChI=1S/C28H34F3N6OP/c1-18(37-14-12-36(2)13-15-37)19-9-10-23(25-20(19)11-16-38-25)34-27-32-17-21(28(29,30)31)26(35-27)33-22-7-5-6-8-24(22)39(3)4/h5-10,17-18H,11-16H2,1-4H3,(H2,32,33,34,35). The summed E-state index contributed by atoms with van der Waals surface area (Å²) >= 11 is 0. The number of likely N-dealkylation sites (N-methyl/N-ethyl adjacent to an activating group) is 1. The molecule has 5 rings (SSSR count). The van der Waals surface area contributed by atoms with E-state index < -0.39 is 19.7 Å². The molecule has 1 fully saturated rings. The molecule has 2 aliphatic rings. The smallest absolute Gasteiger partial charge is 0.421 e. The quantitative estimate of drug-likeness (QED) is 0.367. The molecule has 39 heavy (non-hydrogen) atoms. The largest absolute Gasteiger partial charge is 0.491 e. The number of aromatic nitrogens is 2. The van der Waals surface area contributed by atoms with Crippen LogP contribution in [0.4, 0.5) is 36.3 Å². The van der Waals surface area contributed by atoms with Gasteiger partial charge in [0.15, 0.2) is 0 Å². The lowest BCUT2D eigenvalue weighted by molar-refractivity contribution is -0.137. The summed E-state index contributed by atoms with van der Waals surface area (Å²) in [5.41, 5.74) is 2.69. The van der Waals surface area contributed by atoms with Crippen molar-refractivity contribution in [3.8, 4) is 5.75 Å². The van der Waals surface area contributed by atoms with Crippen LogP contribution in [0.5, 0.6) is 5.75 Å². The highest BCUT2D eigenvalue weighted by Gasteiger charge is 2.36. The molecule has 0 amide bonds. The zero-order chi connectivity index (χ0) is 27.7. The summed E-state index contributed by atoms with van der Waals surface area (Å²) in [7, 11) is 1.60. The monoisotopic (exact) mass is 558 g/mol. The molecule has 11 heteroatoms. The van der Waals surface area contributed by atoms with Crippen molar-refractivity contribution in [1.29, 1.82) is 0 Å². The Balaban J connectivity index is 1.44. The predicted molar refractivity (Wildman–Crippen MR) is 152 cm³/mol. The number of piperazine rings is 1. The Hall–Kier alpha value is -2.94. The third-order valence-electron chi connectivity index (χ3n) is 7.41. The van der Waals surface area contributed by atoms with Crippen LogP contribution in [0.2, 0.25) is 0 Å². The van der Waals surface area contributed by atoms with Crippen molar-refractivity contribution in [2.45, 2.75) is 25.6 Å². The number of nitrogens with zero attached hydrogens (tertiary/aromatic N) is 4. The fourth-order valence-corrected chi connectivity index (χ4v) is 6.18. The maximum Gasteiger partial charge on any atom is 0.421 e. The summed E-state index contributed by atoms with van der Waals surface area (Å²) in [5, 5.41) is 7.03. The van der Waals surface area contributed by atoms with Gasteiger partial charge in [0.2, 0.25) is 5.95 Å². The van der Waals surface area contributed by atoms with Crippen LogP contribution in [-0.4, -0.2) is 72.9 Å². The highest BCUT2D eigenvalue weighted by Crippen LogP contribution is 2.42. The minimum absolute atomic E-state index is 0.0656. The molecule has 3 heterocycles. The number of halogens is 3. The van der Waals surface area contributed by atoms with E-state index in [2.05, 4.69) is 63.8 Å². The van der Waals surface area contributed by atoms with Crippen LogP contribution in [0.1, 0.15) is 29.7 Å². The molecule has 0 radical (unpaired) electrons. The van der Waals surface area contributed by atoms with Gasteiger partial charge in [-0.1, -0.05) is 32.2 Å². The van der Waals surface area contributed by atoms with Crippen LogP contribution in [0.15, 0.2) is 42.6 Å². The molecule has 1 unspecified atom stereocenters. The first-order chi connectivity index (χ1) is 18.6. The maximum absolute atomic E-state index is 13.9.